The van der Waals surface area contributed by atoms with Crippen molar-refractivity contribution < 1.29 is 9.90 Å². The van der Waals surface area contributed by atoms with Gasteiger partial charge in [-0.15, -0.1) is 6.58 Å². The molecule has 96 valence electrons. The lowest BCUT2D eigenvalue weighted by Crippen LogP contribution is -2.18. The molecule has 1 heterocycles. The normalized spacial score (nSPS) is 15.6. The molecule has 4 nitrogen and oxygen atoms in total. The third kappa shape index (κ3) is 2.53. The van der Waals surface area contributed by atoms with E-state index in [1.807, 2.05) is 6.92 Å². The van der Waals surface area contributed by atoms with Gasteiger partial charge in [0, 0.05) is 11.7 Å². The molecule has 2 rings (SSSR count). The quantitative estimate of drug-likeness (QED) is 0.802. The van der Waals surface area contributed by atoms with E-state index in [0.717, 1.165) is 36.9 Å². The summed E-state index contributed by atoms with van der Waals surface area (Å²) in [5, 5.41) is 12.3. The number of pyridine rings is 1. The Morgan fingerprint density at radius 1 is 1.56 bits per heavy atom. The van der Waals surface area contributed by atoms with E-state index in [2.05, 4.69) is 16.9 Å². The maximum Gasteiger partial charge on any atom is 0.339 e. The monoisotopic (exact) mass is 246 g/mol. The van der Waals surface area contributed by atoms with Gasteiger partial charge in [-0.05, 0) is 44.2 Å². The fourth-order valence-electron chi connectivity index (χ4n) is 2.18. The fourth-order valence-corrected chi connectivity index (χ4v) is 2.18. The zero-order valence-corrected chi connectivity index (χ0v) is 10.6. The summed E-state index contributed by atoms with van der Waals surface area (Å²) in [5.41, 5.74) is 2.37. The van der Waals surface area contributed by atoms with Crippen molar-refractivity contribution in [2.75, 3.05) is 5.32 Å². The molecule has 0 bridgehead atoms. The van der Waals surface area contributed by atoms with E-state index in [1.54, 1.807) is 12.1 Å². The number of nitrogens with zero attached hydrogens (tertiary/aromatic N) is 1. The van der Waals surface area contributed by atoms with Crippen molar-refractivity contribution in [3.63, 3.8) is 0 Å². The number of aryl methyl sites for hydroxylation is 2. The number of carboxylic acids is 1. The highest BCUT2D eigenvalue weighted by Gasteiger charge is 2.19. The zero-order valence-electron chi connectivity index (χ0n) is 10.6. The number of aromatic nitrogens is 1. The third-order valence-electron chi connectivity index (χ3n) is 3.25. The van der Waals surface area contributed by atoms with Crippen molar-refractivity contribution in [2.24, 2.45) is 0 Å². The minimum absolute atomic E-state index is 0.00256. The van der Waals surface area contributed by atoms with E-state index in [4.69, 9.17) is 0 Å². The van der Waals surface area contributed by atoms with Crippen LogP contribution in [0.3, 0.4) is 0 Å². The maximum atomic E-state index is 11.3. The van der Waals surface area contributed by atoms with Gasteiger partial charge < -0.3 is 10.4 Å². The molecular formula is C14H18N2O2. The first kappa shape index (κ1) is 12.6. The van der Waals surface area contributed by atoms with E-state index in [0.29, 0.717) is 5.82 Å². The van der Waals surface area contributed by atoms with Crippen molar-refractivity contribution in [3.8, 4) is 0 Å². The Bertz CT molecular complexity index is 483. The summed E-state index contributed by atoms with van der Waals surface area (Å²) < 4.78 is 0. The third-order valence-corrected chi connectivity index (χ3v) is 3.25. The van der Waals surface area contributed by atoms with Gasteiger partial charge in [0.2, 0.25) is 0 Å². The summed E-state index contributed by atoms with van der Waals surface area (Å²) in [5.74, 6) is -0.481. The van der Waals surface area contributed by atoms with Crippen molar-refractivity contribution >= 4 is 11.8 Å². The maximum absolute atomic E-state index is 11.3. The fraction of sp³-hybridized carbons (Fsp3) is 0.429. The lowest BCUT2D eigenvalue weighted by atomic mass is 9.94. The van der Waals surface area contributed by atoms with Gasteiger partial charge in [-0.1, -0.05) is 6.08 Å². The van der Waals surface area contributed by atoms with E-state index in [9.17, 15) is 9.90 Å². The van der Waals surface area contributed by atoms with Crippen LogP contribution in [-0.4, -0.2) is 22.1 Å². The number of fused-ring (bicyclic) bond motifs is 1. The van der Waals surface area contributed by atoms with E-state index in [1.165, 1.54) is 0 Å². The van der Waals surface area contributed by atoms with Gasteiger partial charge in [-0.3, -0.25) is 0 Å². The van der Waals surface area contributed by atoms with Crippen LogP contribution in [-0.2, 0) is 12.8 Å². The molecule has 0 aliphatic heterocycles. The highest BCUT2D eigenvalue weighted by molar-refractivity contribution is 5.93. The molecule has 1 aliphatic carbocycles. The molecule has 1 aromatic rings. The van der Waals surface area contributed by atoms with Crippen LogP contribution in [0.5, 0.6) is 0 Å². The van der Waals surface area contributed by atoms with Gasteiger partial charge in [0.25, 0.3) is 0 Å². The summed E-state index contributed by atoms with van der Waals surface area (Å²) in [7, 11) is 0. The molecule has 0 spiro atoms. The van der Waals surface area contributed by atoms with Gasteiger partial charge >= 0.3 is 5.97 Å². The minimum Gasteiger partial charge on any atom is -0.478 e. The average Bonchev–Trinajstić information content (AvgIpc) is 2.37. The molecule has 0 saturated heterocycles. The summed E-state index contributed by atoms with van der Waals surface area (Å²) in [4.78, 5) is 15.8. The van der Waals surface area contributed by atoms with Crippen LogP contribution >= 0.6 is 0 Å². The number of hydrogen-bond acceptors (Lipinski definition) is 3. The van der Waals surface area contributed by atoms with Crippen LogP contribution in [0.4, 0.5) is 5.82 Å². The van der Waals surface area contributed by atoms with Crippen LogP contribution in [0.1, 0.15) is 41.4 Å². The number of rotatable bonds is 4. The molecule has 18 heavy (non-hydrogen) atoms. The largest absolute Gasteiger partial charge is 0.478 e. The Morgan fingerprint density at radius 3 is 2.94 bits per heavy atom. The van der Waals surface area contributed by atoms with E-state index >= 15 is 0 Å². The smallest absolute Gasteiger partial charge is 0.339 e. The highest BCUT2D eigenvalue weighted by atomic mass is 16.4. The highest BCUT2D eigenvalue weighted by Crippen LogP contribution is 2.25. The Hall–Kier alpha value is -1.84. The number of carboxylic acid groups (broad SMARTS) is 1. The number of anilines is 1. The lowest BCUT2D eigenvalue weighted by Gasteiger charge is -2.19. The number of nitrogens with one attached hydrogen (secondary N) is 1. The van der Waals surface area contributed by atoms with Crippen molar-refractivity contribution in [2.45, 2.75) is 38.6 Å². The zero-order chi connectivity index (χ0) is 13.1. The predicted molar refractivity (Wildman–Crippen MR) is 71.1 cm³/mol. The van der Waals surface area contributed by atoms with Gasteiger partial charge in [-0.25, -0.2) is 9.78 Å². The number of hydrogen-bond donors (Lipinski definition) is 2. The van der Waals surface area contributed by atoms with Crippen LogP contribution in [0.15, 0.2) is 18.7 Å². The molecule has 0 radical (unpaired) electrons. The Kier molecular flexibility index (Phi) is 3.65. The first-order valence-electron chi connectivity index (χ1n) is 6.27. The molecular weight excluding hydrogens is 228 g/mol. The van der Waals surface area contributed by atoms with E-state index in [-0.39, 0.29) is 11.6 Å². The van der Waals surface area contributed by atoms with E-state index < -0.39 is 5.97 Å². The van der Waals surface area contributed by atoms with Crippen molar-refractivity contribution in [1.29, 1.82) is 0 Å². The Morgan fingerprint density at radius 2 is 2.28 bits per heavy atom. The molecule has 0 aromatic carbocycles. The van der Waals surface area contributed by atoms with Crippen LogP contribution < -0.4 is 5.32 Å². The Balaban J connectivity index is 2.42. The number of carbonyl (C=O) groups is 1. The lowest BCUT2D eigenvalue weighted by molar-refractivity contribution is 0.0697. The van der Waals surface area contributed by atoms with Crippen LogP contribution in [0.2, 0.25) is 0 Å². The first-order chi connectivity index (χ1) is 8.61. The molecule has 1 atom stereocenters. The first-order valence-corrected chi connectivity index (χ1v) is 6.27. The molecule has 0 amide bonds. The molecule has 4 heteroatoms. The molecule has 1 aliphatic rings. The second-order valence-electron chi connectivity index (χ2n) is 4.67. The van der Waals surface area contributed by atoms with Gasteiger partial charge in [0.05, 0.1) is 0 Å². The van der Waals surface area contributed by atoms with Crippen molar-refractivity contribution in [1.82, 2.24) is 4.98 Å². The topological polar surface area (TPSA) is 62.2 Å². The average molecular weight is 246 g/mol. The number of aromatic carboxylic acids is 1. The summed E-state index contributed by atoms with van der Waals surface area (Å²) >= 11 is 0. The molecule has 0 saturated carbocycles. The summed E-state index contributed by atoms with van der Waals surface area (Å²) in [6.07, 6.45) is 5.84. The second kappa shape index (κ2) is 5.21. The molecule has 1 unspecified atom stereocenters. The van der Waals surface area contributed by atoms with Crippen LogP contribution in [0.25, 0.3) is 0 Å². The standard InChI is InChI=1S/C14H18N2O2/c1-3-9(2)15-13-11(14(17)18)8-10-6-4-5-7-12(10)16-13/h3,8-9H,1,4-7H2,2H3,(H,15,16)(H,17,18). The molecule has 0 fully saturated rings. The Labute approximate surface area is 107 Å². The second-order valence-corrected chi connectivity index (χ2v) is 4.67. The molecule has 2 N–H and O–H groups in total. The SMILES string of the molecule is C=CC(C)Nc1nc2c(cc1C(=O)O)CCCC2. The predicted octanol–water partition coefficient (Wildman–Crippen LogP) is 2.65. The summed E-state index contributed by atoms with van der Waals surface area (Å²) in [6, 6.07) is 1.76. The van der Waals surface area contributed by atoms with Crippen molar-refractivity contribution in [3.05, 3.63) is 35.5 Å². The van der Waals surface area contributed by atoms with Gasteiger partial charge in [-0.2, -0.15) is 0 Å². The minimum atomic E-state index is -0.936. The molecule has 1 aromatic heterocycles. The van der Waals surface area contributed by atoms with Gasteiger partial charge in [0.15, 0.2) is 0 Å². The summed E-state index contributed by atoms with van der Waals surface area (Å²) in [6.45, 7) is 5.60. The van der Waals surface area contributed by atoms with Gasteiger partial charge in [0.1, 0.15) is 11.4 Å². The van der Waals surface area contributed by atoms with Crippen LogP contribution in [0, 0.1) is 0 Å².